The first-order chi connectivity index (χ1) is 37.0. The first kappa shape index (κ1) is 72.9. The number of ether oxygens (including phenoxy) is 2. The zero-order valence-electron chi connectivity index (χ0n) is 49.4. The van der Waals surface area contributed by atoms with Crippen molar-refractivity contribution in [3.05, 3.63) is 12.2 Å². The zero-order chi connectivity index (χ0) is 55.4. The molecule has 76 heavy (non-hydrogen) atoms. The third-order valence-electron chi connectivity index (χ3n) is 15.8. The lowest BCUT2D eigenvalue weighted by Gasteiger charge is -2.41. The second-order valence-corrected chi connectivity index (χ2v) is 24.1. The Balaban J connectivity index is 2.28. The number of allylic oxidation sites excluding steroid dienone is 2. The number of aliphatic hydroxyl groups is 4. The topological polar surface area (TPSA) is 192 Å². The average Bonchev–Trinajstić information content (AvgIpc) is 3.40. The van der Waals surface area contributed by atoms with Gasteiger partial charge in [0.15, 0.2) is 6.29 Å². The van der Waals surface area contributed by atoms with E-state index in [9.17, 15) is 38.2 Å². The zero-order valence-corrected chi connectivity index (χ0v) is 50.2. The predicted octanol–water partition coefficient (Wildman–Crippen LogP) is 16.2. The van der Waals surface area contributed by atoms with E-state index in [-0.39, 0.29) is 12.5 Å². The van der Waals surface area contributed by atoms with Crippen LogP contribution in [0, 0.1) is 0 Å². The highest BCUT2D eigenvalue weighted by Gasteiger charge is 2.48. The molecule has 0 radical (unpaired) electrons. The summed E-state index contributed by atoms with van der Waals surface area (Å²) < 4.78 is 48.0. The van der Waals surface area contributed by atoms with Gasteiger partial charge in [-0.25, -0.2) is 4.18 Å². The number of nitrogens with one attached hydrogen (secondary N) is 1. The minimum absolute atomic E-state index is 0.225. The van der Waals surface area contributed by atoms with Crippen LogP contribution in [0.4, 0.5) is 0 Å². The lowest BCUT2D eigenvalue weighted by Crippen LogP contribution is -2.61. The van der Waals surface area contributed by atoms with Gasteiger partial charge in [0.25, 0.3) is 0 Å². The lowest BCUT2D eigenvalue weighted by molar-refractivity contribution is -0.298. The summed E-state index contributed by atoms with van der Waals surface area (Å²) >= 11 is 0. The van der Waals surface area contributed by atoms with E-state index >= 15 is 0 Å². The summed E-state index contributed by atoms with van der Waals surface area (Å²) in [6.45, 7) is 3.52. The number of carbonyl (C=O) groups excluding carboxylic acids is 1. The molecule has 1 amide bonds. The van der Waals surface area contributed by atoms with Crippen LogP contribution < -0.4 is 5.32 Å². The van der Waals surface area contributed by atoms with Crippen LogP contribution in [0.5, 0.6) is 0 Å². The molecule has 0 aromatic carbocycles. The van der Waals surface area contributed by atoms with Crippen molar-refractivity contribution < 1.29 is 51.8 Å². The molecule has 0 aromatic heterocycles. The van der Waals surface area contributed by atoms with E-state index in [0.717, 1.165) is 51.4 Å². The van der Waals surface area contributed by atoms with E-state index in [1.165, 1.54) is 250 Å². The van der Waals surface area contributed by atoms with E-state index in [1.54, 1.807) is 0 Å². The Bertz CT molecular complexity index is 1390. The molecule has 1 rings (SSSR count). The number of hydrogen-bond acceptors (Lipinski definition) is 10. The average molecular weight is 1100 g/mol. The predicted molar refractivity (Wildman–Crippen MR) is 315 cm³/mol. The van der Waals surface area contributed by atoms with Crippen molar-refractivity contribution in [1.29, 1.82) is 0 Å². The van der Waals surface area contributed by atoms with Crippen molar-refractivity contribution in [1.82, 2.24) is 5.32 Å². The van der Waals surface area contributed by atoms with Crippen LogP contribution in [0.1, 0.15) is 328 Å². The fourth-order valence-electron chi connectivity index (χ4n) is 10.8. The monoisotopic (exact) mass is 1100 g/mol. The highest BCUT2D eigenvalue weighted by Crippen LogP contribution is 2.26. The molecule has 1 aliphatic rings. The third kappa shape index (κ3) is 44.6. The maximum Gasteiger partial charge on any atom is 0.397 e. The van der Waals surface area contributed by atoms with Crippen LogP contribution in [0.25, 0.3) is 0 Å². The van der Waals surface area contributed by atoms with E-state index in [0.29, 0.717) is 12.8 Å². The summed E-state index contributed by atoms with van der Waals surface area (Å²) in [6.07, 6.45) is 56.6. The first-order valence-corrected chi connectivity index (χ1v) is 33.9. The van der Waals surface area contributed by atoms with Gasteiger partial charge < -0.3 is 35.2 Å². The lowest BCUT2D eigenvalue weighted by atomic mass is 9.99. The van der Waals surface area contributed by atoms with Gasteiger partial charge in [-0.05, 0) is 38.5 Å². The van der Waals surface area contributed by atoms with Crippen LogP contribution in [0.2, 0.25) is 0 Å². The molecule has 452 valence electrons. The molecule has 7 unspecified atom stereocenters. The Morgan fingerprint density at radius 3 is 1.18 bits per heavy atom. The van der Waals surface area contributed by atoms with Crippen LogP contribution in [0.3, 0.4) is 0 Å². The fraction of sp³-hybridized carbons (Fsp3) is 0.952. The number of rotatable bonds is 58. The summed E-state index contributed by atoms with van der Waals surface area (Å²) in [6, 6.07) is -0.858. The van der Waals surface area contributed by atoms with Crippen LogP contribution in [-0.2, 0) is 28.9 Å². The molecule has 0 bridgehead atoms. The van der Waals surface area contributed by atoms with Crippen molar-refractivity contribution in [3.8, 4) is 0 Å². The Hall–Kier alpha value is -1.16. The quantitative estimate of drug-likeness (QED) is 0.0193. The van der Waals surface area contributed by atoms with Gasteiger partial charge in [0.1, 0.15) is 24.4 Å². The van der Waals surface area contributed by atoms with Crippen LogP contribution in [-0.4, -0.2) is 95.4 Å². The Labute approximate surface area is 468 Å². The van der Waals surface area contributed by atoms with Crippen molar-refractivity contribution in [3.63, 3.8) is 0 Å². The minimum Gasteiger partial charge on any atom is -0.394 e. The molecule has 0 aliphatic carbocycles. The van der Waals surface area contributed by atoms with Gasteiger partial charge in [-0.3, -0.25) is 9.35 Å². The van der Waals surface area contributed by atoms with Gasteiger partial charge >= 0.3 is 10.4 Å². The molecule has 12 nitrogen and oxygen atoms in total. The van der Waals surface area contributed by atoms with Crippen LogP contribution in [0.15, 0.2) is 12.2 Å². The highest BCUT2D eigenvalue weighted by molar-refractivity contribution is 7.80. The standard InChI is InChI=1S/C63H123NO11S/c1-3-5-7-9-11-13-15-17-19-21-23-25-27-28-29-31-33-35-37-39-41-43-45-47-49-51-53-59(67)64-56(55-73-63-61(69)62(75-76(70,71)72)60(68)58(54-65)74-63)57(66)52-50-48-46-44-42-40-38-36-34-32-30-26-24-22-20-18-16-14-12-10-8-6-4-2/h28-29,56-58,60-63,65-66,68-69H,3-27,30-55H2,1-2H3,(H,64,67)(H,70,71,72)/b29-28-. The van der Waals surface area contributed by atoms with E-state index < -0.39 is 59.9 Å². The molecule has 1 fully saturated rings. The Morgan fingerprint density at radius 1 is 0.513 bits per heavy atom. The number of aliphatic hydroxyl groups excluding tert-OH is 4. The molecule has 6 N–H and O–H groups in total. The second kappa shape index (κ2) is 53.2. The third-order valence-corrected chi connectivity index (χ3v) is 16.3. The molecule has 0 aromatic rings. The molecular weight excluding hydrogens is 979 g/mol. The van der Waals surface area contributed by atoms with Crippen molar-refractivity contribution in [2.75, 3.05) is 13.2 Å². The van der Waals surface area contributed by atoms with Crippen molar-refractivity contribution in [2.45, 2.75) is 371 Å². The summed E-state index contributed by atoms with van der Waals surface area (Å²) in [7, 11) is -5.08. The Kier molecular flexibility index (Phi) is 51.0. The summed E-state index contributed by atoms with van der Waals surface area (Å²) in [4.78, 5) is 13.2. The summed E-state index contributed by atoms with van der Waals surface area (Å²) in [5.41, 5.74) is 0. The van der Waals surface area contributed by atoms with Crippen molar-refractivity contribution >= 4 is 16.3 Å². The normalized spacial score (nSPS) is 19.0. The van der Waals surface area contributed by atoms with Gasteiger partial charge in [-0.2, -0.15) is 8.42 Å². The number of amides is 1. The van der Waals surface area contributed by atoms with E-state index in [2.05, 4.69) is 35.5 Å². The largest absolute Gasteiger partial charge is 0.397 e. The maximum atomic E-state index is 13.2. The maximum absolute atomic E-state index is 13.2. The van der Waals surface area contributed by atoms with E-state index in [4.69, 9.17) is 9.47 Å². The number of carbonyl (C=O) groups is 1. The van der Waals surface area contributed by atoms with E-state index in [1.807, 2.05) is 0 Å². The number of unbranched alkanes of at least 4 members (excludes halogenated alkanes) is 44. The van der Waals surface area contributed by atoms with Gasteiger partial charge in [-0.1, -0.05) is 296 Å². The first-order valence-electron chi connectivity index (χ1n) is 32.6. The Morgan fingerprint density at radius 2 is 0.842 bits per heavy atom. The molecule has 1 saturated heterocycles. The summed E-state index contributed by atoms with van der Waals surface area (Å²) in [5.74, 6) is -0.225. The molecule has 0 saturated carbocycles. The fourth-order valence-corrected chi connectivity index (χ4v) is 11.3. The minimum atomic E-state index is -5.08. The molecule has 13 heteroatoms. The molecule has 7 atom stereocenters. The smallest absolute Gasteiger partial charge is 0.394 e. The molecule has 1 heterocycles. The SMILES string of the molecule is CCCCCCCCCCCCCC/C=C\CCCCCCCCCCCCC(=O)NC(COC1OC(CO)C(O)C(OS(=O)(=O)O)C1O)C(O)CCCCCCCCCCCCCCCCCCCCCCCCC. The van der Waals surface area contributed by atoms with Gasteiger partial charge in [0.2, 0.25) is 5.91 Å². The summed E-state index contributed by atoms with van der Waals surface area (Å²) in [5, 5.41) is 45.3. The van der Waals surface area contributed by atoms with Gasteiger partial charge in [-0.15, -0.1) is 0 Å². The molecular formula is C63H123NO11S. The number of hydrogen-bond donors (Lipinski definition) is 6. The van der Waals surface area contributed by atoms with Crippen molar-refractivity contribution in [2.24, 2.45) is 0 Å². The second-order valence-electron chi connectivity index (χ2n) is 23.1. The molecule has 0 spiro atoms. The highest BCUT2D eigenvalue weighted by atomic mass is 32.3. The van der Waals surface area contributed by atoms with Crippen LogP contribution >= 0.6 is 0 Å². The molecule has 1 aliphatic heterocycles. The van der Waals surface area contributed by atoms with Gasteiger partial charge in [0, 0.05) is 6.42 Å². The van der Waals surface area contributed by atoms with Gasteiger partial charge in [0.05, 0.1) is 25.4 Å².